The lowest BCUT2D eigenvalue weighted by atomic mass is 10.2. The van der Waals surface area contributed by atoms with E-state index in [1.165, 1.54) is 0 Å². The van der Waals surface area contributed by atoms with Crippen molar-refractivity contribution in [2.75, 3.05) is 32.1 Å². The molecule has 0 saturated carbocycles. The smallest absolute Gasteiger partial charge is 0.241 e. The summed E-state index contributed by atoms with van der Waals surface area (Å²) in [6, 6.07) is 3.69. The van der Waals surface area contributed by atoms with E-state index in [0.29, 0.717) is 11.5 Å². The molecule has 0 aliphatic carbocycles. The number of likely N-dealkylation sites (N-methyl/N-ethyl adjacent to an activating group) is 1. The molecule has 6 heteroatoms. The maximum absolute atomic E-state index is 11.9. The van der Waals surface area contributed by atoms with Gasteiger partial charge in [-0.05, 0) is 25.5 Å². The van der Waals surface area contributed by atoms with Crippen LogP contribution in [0.1, 0.15) is 24.6 Å². The average Bonchev–Trinajstić information content (AvgIpc) is 2.37. The zero-order valence-electron chi connectivity index (χ0n) is 12.5. The Labute approximate surface area is 125 Å². The summed E-state index contributed by atoms with van der Waals surface area (Å²) < 4.78 is 0. The third-order valence-corrected chi connectivity index (χ3v) is 3.10. The Morgan fingerprint density at radius 2 is 2.05 bits per heavy atom. The predicted molar refractivity (Wildman–Crippen MR) is 86.1 cm³/mol. The molecule has 0 radical (unpaired) electrons. The Kier molecular flexibility index (Phi) is 5.88. The number of carbonyl (C=O) groups is 1. The highest BCUT2D eigenvalue weighted by molar-refractivity contribution is 7.80. The van der Waals surface area contributed by atoms with Gasteiger partial charge in [0.1, 0.15) is 10.8 Å². The molecule has 0 aliphatic heterocycles. The van der Waals surface area contributed by atoms with Crippen molar-refractivity contribution < 1.29 is 4.79 Å². The number of hydrogen-bond acceptors (Lipinski definition) is 4. The van der Waals surface area contributed by atoms with Crippen molar-refractivity contribution in [1.82, 2.24) is 9.88 Å². The van der Waals surface area contributed by atoms with Crippen molar-refractivity contribution >= 4 is 28.9 Å². The van der Waals surface area contributed by atoms with Gasteiger partial charge in [0.2, 0.25) is 5.91 Å². The summed E-state index contributed by atoms with van der Waals surface area (Å²) in [6.45, 7) is 5.02. The summed E-state index contributed by atoms with van der Waals surface area (Å²) in [7, 11) is 3.49. The minimum absolute atomic E-state index is 0.0404. The first-order valence-corrected chi connectivity index (χ1v) is 6.99. The number of aryl methyl sites for hydroxylation is 1. The molecule has 1 rings (SSSR count). The van der Waals surface area contributed by atoms with Gasteiger partial charge in [0, 0.05) is 31.9 Å². The maximum atomic E-state index is 11.9. The number of hydrogen-bond donors (Lipinski definition) is 1. The van der Waals surface area contributed by atoms with Crippen molar-refractivity contribution in [3.63, 3.8) is 0 Å². The zero-order chi connectivity index (χ0) is 15.3. The van der Waals surface area contributed by atoms with E-state index in [4.69, 9.17) is 18.0 Å². The van der Waals surface area contributed by atoms with Crippen LogP contribution in [-0.4, -0.2) is 48.0 Å². The second-order valence-electron chi connectivity index (χ2n) is 4.93. The number of nitrogens with zero attached hydrogens (tertiary/aromatic N) is 3. The third-order valence-electron chi connectivity index (χ3n) is 2.87. The van der Waals surface area contributed by atoms with Crippen LogP contribution in [0.4, 0.5) is 5.82 Å². The summed E-state index contributed by atoms with van der Waals surface area (Å²) in [5.41, 5.74) is 7.30. The van der Waals surface area contributed by atoms with Crippen LogP contribution in [0.2, 0.25) is 0 Å². The highest BCUT2D eigenvalue weighted by Crippen LogP contribution is 2.16. The van der Waals surface area contributed by atoms with Crippen LogP contribution >= 0.6 is 12.2 Å². The van der Waals surface area contributed by atoms with Gasteiger partial charge in [0.05, 0.1) is 6.54 Å². The SMILES string of the molecule is CCCN(CC(=O)N(C)C)c1cc(C(N)=S)cc(C)n1. The van der Waals surface area contributed by atoms with Gasteiger partial charge in [-0.1, -0.05) is 19.1 Å². The summed E-state index contributed by atoms with van der Waals surface area (Å²) in [5.74, 6) is 0.781. The van der Waals surface area contributed by atoms with E-state index in [-0.39, 0.29) is 5.91 Å². The summed E-state index contributed by atoms with van der Waals surface area (Å²) in [6.07, 6.45) is 0.929. The molecule has 1 aromatic rings. The minimum Gasteiger partial charge on any atom is -0.389 e. The molecule has 5 nitrogen and oxygen atoms in total. The van der Waals surface area contributed by atoms with Crippen molar-refractivity contribution in [2.45, 2.75) is 20.3 Å². The Morgan fingerprint density at radius 3 is 2.55 bits per heavy atom. The van der Waals surface area contributed by atoms with Crippen LogP contribution in [-0.2, 0) is 4.79 Å². The number of amides is 1. The fourth-order valence-corrected chi connectivity index (χ4v) is 1.92. The number of thiocarbonyl (C=S) groups is 1. The first-order chi connectivity index (χ1) is 9.35. The minimum atomic E-state index is 0.0404. The molecule has 1 heterocycles. The standard InChI is InChI=1S/C14H22N4OS/c1-5-6-18(9-13(19)17(3)4)12-8-11(14(15)20)7-10(2)16-12/h7-8H,5-6,9H2,1-4H3,(H2,15,20). The number of rotatable bonds is 6. The molecule has 0 bridgehead atoms. The molecule has 0 spiro atoms. The highest BCUT2D eigenvalue weighted by Gasteiger charge is 2.15. The lowest BCUT2D eigenvalue weighted by molar-refractivity contribution is -0.127. The van der Waals surface area contributed by atoms with Gasteiger partial charge in [-0.15, -0.1) is 0 Å². The van der Waals surface area contributed by atoms with Crippen molar-refractivity contribution in [1.29, 1.82) is 0 Å². The molecule has 1 amide bonds. The van der Waals surface area contributed by atoms with Crippen molar-refractivity contribution in [3.05, 3.63) is 23.4 Å². The summed E-state index contributed by atoms with van der Waals surface area (Å²) in [5, 5.41) is 0. The highest BCUT2D eigenvalue weighted by atomic mass is 32.1. The molecular weight excluding hydrogens is 272 g/mol. The second-order valence-corrected chi connectivity index (χ2v) is 5.37. The summed E-state index contributed by atoms with van der Waals surface area (Å²) in [4.78, 5) is 20.3. The quantitative estimate of drug-likeness (QED) is 0.802. The molecule has 0 unspecified atom stereocenters. The van der Waals surface area contributed by atoms with E-state index in [1.807, 2.05) is 24.0 Å². The Hall–Kier alpha value is -1.69. The predicted octanol–water partition coefficient (Wildman–Crippen LogP) is 1.33. The topological polar surface area (TPSA) is 62.5 Å². The van der Waals surface area contributed by atoms with Crippen LogP contribution in [0.3, 0.4) is 0 Å². The van der Waals surface area contributed by atoms with Crippen LogP contribution < -0.4 is 10.6 Å². The molecule has 20 heavy (non-hydrogen) atoms. The second kappa shape index (κ2) is 7.19. The molecule has 0 atom stereocenters. The normalized spacial score (nSPS) is 10.2. The van der Waals surface area contributed by atoms with E-state index >= 15 is 0 Å². The van der Waals surface area contributed by atoms with Gasteiger partial charge >= 0.3 is 0 Å². The fourth-order valence-electron chi connectivity index (χ4n) is 1.80. The van der Waals surface area contributed by atoms with E-state index in [2.05, 4.69) is 11.9 Å². The Morgan fingerprint density at radius 1 is 1.40 bits per heavy atom. The van der Waals surface area contributed by atoms with Gasteiger partial charge in [-0.3, -0.25) is 4.79 Å². The third kappa shape index (κ3) is 4.45. The van der Waals surface area contributed by atoms with Gasteiger partial charge in [-0.2, -0.15) is 0 Å². The molecule has 0 aliphatic rings. The Bertz CT molecular complexity index is 502. The van der Waals surface area contributed by atoms with E-state index in [1.54, 1.807) is 19.0 Å². The van der Waals surface area contributed by atoms with E-state index in [0.717, 1.165) is 30.0 Å². The van der Waals surface area contributed by atoms with Gasteiger partial charge in [0.15, 0.2) is 0 Å². The number of nitrogens with two attached hydrogens (primary N) is 1. The molecule has 2 N–H and O–H groups in total. The van der Waals surface area contributed by atoms with Crippen LogP contribution in [0.15, 0.2) is 12.1 Å². The molecular formula is C14H22N4OS. The maximum Gasteiger partial charge on any atom is 0.241 e. The number of carbonyl (C=O) groups excluding carboxylic acids is 1. The molecule has 0 saturated heterocycles. The molecule has 110 valence electrons. The van der Waals surface area contributed by atoms with E-state index < -0.39 is 0 Å². The lowest BCUT2D eigenvalue weighted by Gasteiger charge is -2.25. The van der Waals surface area contributed by atoms with Crippen LogP contribution in [0.5, 0.6) is 0 Å². The Balaban J connectivity index is 3.07. The van der Waals surface area contributed by atoms with Crippen LogP contribution in [0.25, 0.3) is 0 Å². The molecule has 0 aromatic carbocycles. The number of pyridine rings is 1. The largest absolute Gasteiger partial charge is 0.389 e. The van der Waals surface area contributed by atoms with Gasteiger partial charge in [-0.25, -0.2) is 4.98 Å². The first-order valence-electron chi connectivity index (χ1n) is 6.58. The fraction of sp³-hybridized carbons (Fsp3) is 0.500. The van der Waals surface area contributed by atoms with Gasteiger partial charge in [0.25, 0.3) is 0 Å². The lowest BCUT2D eigenvalue weighted by Crippen LogP contribution is -2.37. The van der Waals surface area contributed by atoms with E-state index in [9.17, 15) is 4.79 Å². The number of anilines is 1. The first kappa shape index (κ1) is 16.4. The molecule has 0 fully saturated rings. The van der Waals surface area contributed by atoms with Crippen molar-refractivity contribution in [2.24, 2.45) is 5.73 Å². The molecule has 1 aromatic heterocycles. The van der Waals surface area contributed by atoms with Gasteiger partial charge < -0.3 is 15.5 Å². The van der Waals surface area contributed by atoms with Crippen molar-refractivity contribution in [3.8, 4) is 0 Å². The number of aromatic nitrogens is 1. The van der Waals surface area contributed by atoms with Crippen LogP contribution in [0, 0.1) is 6.92 Å². The monoisotopic (exact) mass is 294 g/mol. The summed E-state index contributed by atoms with van der Waals surface area (Å²) >= 11 is 5.02. The average molecular weight is 294 g/mol. The zero-order valence-corrected chi connectivity index (χ0v) is 13.3.